The maximum Gasteiger partial charge on any atom is 0.225 e. The summed E-state index contributed by atoms with van der Waals surface area (Å²) in [6.07, 6.45) is -2.85. The maximum atomic E-state index is 9.79. The molecule has 0 saturated carbocycles. The molecule has 0 spiro atoms. The highest BCUT2D eigenvalue weighted by Crippen LogP contribution is 2.33. The minimum atomic E-state index is -0.729. The molecule has 0 bridgehead atoms. The Morgan fingerprint density at radius 1 is 0.677 bits per heavy atom. The van der Waals surface area contributed by atoms with Crippen molar-refractivity contribution in [2.45, 2.75) is 71.7 Å². The van der Waals surface area contributed by atoms with E-state index in [1.807, 2.05) is 62.4 Å². The number of hydrogen-bond donors (Lipinski definition) is 2. The molecule has 0 aliphatic heterocycles. The lowest BCUT2D eigenvalue weighted by atomic mass is 9.78. The summed E-state index contributed by atoms with van der Waals surface area (Å²) in [5.41, 5.74) is 1.99. The first-order valence-corrected chi connectivity index (χ1v) is 10.8. The fraction of sp³-hybridized carbons (Fsp3) is 0.520. The molecule has 6 nitrogen and oxygen atoms in total. The van der Waals surface area contributed by atoms with Gasteiger partial charge in [0.25, 0.3) is 0 Å². The average Bonchev–Trinajstić information content (AvgIpc) is 2.73. The van der Waals surface area contributed by atoms with Crippen molar-refractivity contribution >= 4 is 0 Å². The van der Waals surface area contributed by atoms with E-state index in [4.69, 9.17) is 18.9 Å². The molecule has 0 amide bonds. The van der Waals surface area contributed by atoms with Crippen LogP contribution in [0.15, 0.2) is 48.5 Å². The average molecular weight is 433 g/mol. The number of rotatable bonds is 12. The van der Waals surface area contributed by atoms with Gasteiger partial charge < -0.3 is 29.2 Å². The second kappa shape index (κ2) is 11.5. The van der Waals surface area contributed by atoms with Gasteiger partial charge in [0.05, 0.1) is 0 Å². The van der Waals surface area contributed by atoms with Crippen LogP contribution in [0.3, 0.4) is 0 Å². The van der Waals surface area contributed by atoms with Crippen LogP contribution in [0.5, 0.6) is 11.5 Å². The topological polar surface area (TPSA) is 77.4 Å². The molecule has 0 aliphatic rings. The van der Waals surface area contributed by atoms with Crippen molar-refractivity contribution in [1.82, 2.24) is 0 Å². The van der Waals surface area contributed by atoms with Crippen LogP contribution in [0, 0.1) is 0 Å². The Bertz CT molecular complexity index is 702. The molecule has 2 aromatic rings. The Labute approximate surface area is 185 Å². The van der Waals surface area contributed by atoms with E-state index in [1.165, 1.54) is 0 Å². The molecule has 0 aliphatic carbocycles. The van der Waals surface area contributed by atoms with Gasteiger partial charge >= 0.3 is 0 Å². The monoisotopic (exact) mass is 432 g/mol. The second-order valence-corrected chi connectivity index (χ2v) is 8.04. The number of hydrogen-bond acceptors (Lipinski definition) is 6. The molecule has 2 rings (SSSR count). The Kier molecular flexibility index (Phi) is 9.32. The van der Waals surface area contributed by atoms with Gasteiger partial charge in [0, 0.05) is 18.6 Å². The molecule has 0 heterocycles. The number of ether oxygens (including phenoxy) is 4. The van der Waals surface area contributed by atoms with Gasteiger partial charge in [-0.3, -0.25) is 0 Å². The zero-order chi connectivity index (χ0) is 23.0. The lowest BCUT2D eigenvalue weighted by Gasteiger charge is -2.27. The summed E-state index contributed by atoms with van der Waals surface area (Å²) >= 11 is 0. The van der Waals surface area contributed by atoms with E-state index < -0.39 is 24.8 Å². The van der Waals surface area contributed by atoms with Crippen molar-refractivity contribution in [3.05, 3.63) is 59.7 Å². The third-order valence-electron chi connectivity index (χ3n) is 5.11. The van der Waals surface area contributed by atoms with Crippen molar-refractivity contribution in [2.24, 2.45) is 0 Å². The van der Waals surface area contributed by atoms with Gasteiger partial charge in [0.1, 0.15) is 23.7 Å². The summed E-state index contributed by atoms with van der Waals surface area (Å²) in [5.74, 6) is 1.28. The summed E-state index contributed by atoms with van der Waals surface area (Å²) in [7, 11) is 0. The van der Waals surface area contributed by atoms with Crippen LogP contribution in [0.4, 0.5) is 0 Å². The van der Waals surface area contributed by atoms with Gasteiger partial charge in [-0.05, 0) is 63.1 Å². The molecule has 0 aromatic heterocycles. The van der Waals surface area contributed by atoms with Crippen molar-refractivity contribution in [3.8, 4) is 11.5 Å². The second-order valence-electron chi connectivity index (χ2n) is 8.04. The molecule has 0 radical (unpaired) electrons. The predicted molar refractivity (Wildman–Crippen MR) is 120 cm³/mol. The van der Waals surface area contributed by atoms with E-state index in [0.717, 1.165) is 11.1 Å². The predicted octanol–water partition coefficient (Wildman–Crippen LogP) is 4.26. The quantitative estimate of drug-likeness (QED) is 0.488. The highest BCUT2D eigenvalue weighted by atomic mass is 16.7. The smallest absolute Gasteiger partial charge is 0.225 e. The largest absolute Gasteiger partial charge is 0.462 e. The first-order valence-electron chi connectivity index (χ1n) is 10.8. The van der Waals surface area contributed by atoms with Crippen LogP contribution in [-0.4, -0.2) is 48.2 Å². The molecular formula is C25H36O6. The van der Waals surface area contributed by atoms with Gasteiger partial charge in [-0.15, -0.1) is 0 Å². The fourth-order valence-corrected chi connectivity index (χ4v) is 3.21. The number of aliphatic hydroxyl groups is 2. The third-order valence-corrected chi connectivity index (χ3v) is 5.11. The van der Waals surface area contributed by atoms with Gasteiger partial charge in [0.2, 0.25) is 12.6 Å². The van der Waals surface area contributed by atoms with E-state index in [9.17, 15) is 10.2 Å². The van der Waals surface area contributed by atoms with Crippen molar-refractivity contribution in [2.75, 3.05) is 13.2 Å². The minimum Gasteiger partial charge on any atom is -0.462 e. The first kappa shape index (κ1) is 25.1. The van der Waals surface area contributed by atoms with Crippen LogP contribution in [0.2, 0.25) is 0 Å². The highest BCUT2D eigenvalue weighted by Gasteiger charge is 2.24. The maximum absolute atomic E-state index is 9.79. The Morgan fingerprint density at radius 2 is 1.00 bits per heavy atom. The lowest BCUT2D eigenvalue weighted by molar-refractivity contribution is -0.136. The summed E-state index contributed by atoms with van der Waals surface area (Å²) in [4.78, 5) is 0. The molecule has 4 atom stereocenters. The van der Waals surface area contributed by atoms with E-state index >= 15 is 0 Å². The number of benzene rings is 2. The molecule has 0 saturated heterocycles. The van der Waals surface area contributed by atoms with Crippen molar-refractivity contribution < 1.29 is 29.2 Å². The standard InChI is InChI=1S/C25H36O6/c1-7-28-23(17(3)26)30-21-13-9-19(10-14-21)25(5,6)20-11-15-22(16-12-20)31-24(18(4)27)29-8-2/h9-18,23-24,26-27H,7-8H2,1-6H3. The molecule has 6 heteroatoms. The van der Waals surface area contributed by atoms with Gasteiger partial charge in [-0.25, -0.2) is 0 Å². The third kappa shape index (κ3) is 6.94. The van der Waals surface area contributed by atoms with Crippen LogP contribution < -0.4 is 9.47 Å². The fourth-order valence-electron chi connectivity index (χ4n) is 3.21. The Morgan fingerprint density at radius 3 is 1.26 bits per heavy atom. The molecule has 0 fully saturated rings. The minimum absolute atomic E-state index is 0.246. The SMILES string of the molecule is CCOC(Oc1ccc(C(C)(C)c2ccc(OC(OCC)C(C)O)cc2)cc1)C(C)O. The summed E-state index contributed by atoms with van der Waals surface area (Å²) in [6.45, 7) is 12.2. The van der Waals surface area contributed by atoms with Crippen LogP contribution in [0.25, 0.3) is 0 Å². The molecule has 172 valence electrons. The summed E-state index contributed by atoms with van der Waals surface area (Å²) in [5, 5.41) is 19.6. The molecule has 2 aromatic carbocycles. The zero-order valence-electron chi connectivity index (χ0n) is 19.4. The van der Waals surface area contributed by atoms with E-state index in [0.29, 0.717) is 24.7 Å². The van der Waals surface area contributed by atoms with Crippen LogP contribution >= 0.6 is 0 Å². The molecule has 2 N–H and O–H groups in total. The van der Waals surface area contributed by atoms with E-state index in [1.54, 1.807) is 13.8 Å². The van der Waals surface area contributed by atoms with Crippen molar-refractivity contribution in [1.29, 1.82) is 0 Å². The lowest BCUT2D eigenvalue weighted by Crippen LogP contribution is -2.32. The molecule has 4 unspecified atom stereocenters. The summed E-state index contributed by atoms with van der Waals surface area (Å²) in [6, 6.07) is 15.6. The van der Waals surface area contributed by atoms with Gasteiger partial charge in [0.15, 0.2) is 0 Å². The Hall–Kier alpha value is -2.12. The number of aliphatic hydroxyl groups excluding tert-OH is 2. The molecular weight excluding hydrogens is 396 g/mol. The van der Waals surface area contributed by atoms with Gasteiger partial charge in [-0.2, -0.15) is 0 Å². The highest BCUT2D eigenvalue weighted by molar-refractivity contribution is 5.41. The van der Waals surface area contributed by atoms with Crippen molar-refractivity contribution in [3.63, 3.8) is 0 Å². The van der Waals surface area contributed by atoms with Gasteiger partial charge in [-0.1, -0.05) is 38.1 Å². The Balaban J connectivity index is 2.12. The summed E-state index contributed by atoms with van der Waals surface area (Å²) < 4.78 is 22.4. The zero-order valence-corrected chi connectivity index (χ0v) is 19.4. The molecule has 31 heavy (non-hydrogen) atoms. The van der Waals surface area contributed by atoms with Crippen LogP contribution in [0.1, 0.15) is 52.7 Å². The van der Waals surface area contributed by atoms with E-state index in [2.05, 4.69) is 13.8 Å². The first-order chi connectivity index (χ1) is 14.7. The van der Waals surface area contributed by atoms with E-state index in [-0.39, 0.29) is 5.41 Å². The normalized spacial score (nSPS) is 15.7. The van der Waals surface area contributed by atoms with Crippen LogP contribution in [-0.2, 0) is 14.9 Å².